The maximum absolute atomic E-state index is 12.1. The van der Waals surface area contributed by atoms with Crippen LogP contribution in [0.1, 0.15) is 25.8 Å². The number of carbonyl (C=O) groups is 1. The fourth-order valence-corrected chi connectivity index (χ4v) is 3.35. The van der Waals surface area contributed by atoms with Crippen molar-refractivity contribution in [3.63, 3.8) is 0 Å². The van der Waals surface area contributed by atoms with Gasteiger partial charge in [-0.2, -0.15) is 0 Å². The van der Waals surface area contributed by atoms with Crippen LogP contribution in [0, 0.1) is 18.8 Å². The van der Waals surface area contributed by atoms with Gasteiger partial charge in [0, 0.05) is 22.5 Å². The lowest BCUT2D eigenvalue weighted by Crippen LogP contribution is -3.15. The Morgan fingerprint density at radius 1 is 1.35 bits per heavy atom. The molecule has 1 aliphatic heterocycles. The minimum atomic E-state index is 0.0706. The number of carbonyl (C=O) groups excluding carboxylic acids is 1. The van der Waals surface area contributed by atoms with Gasteiger partial charge in [0.1, 0.15) is 0 Å². The Balaban J connectivity index is 1.90. The van der Waals surface area contributed by atoms with Gasteiger partial charge in [-0.3, -0.25) is 4.79 Å². The normalized spacial score (nSPS) is 26.3. The number of hydrogen-bond donors (Lipinski definition) is 2. The van der Waals surface area contributed by atoms with Crippen molar-refractivity contribution < 1.29 is 9.69 Å². The topological polar surface area (TPSA) is 33.5 Å². The third-order valence-corrected chi connectivity index (χ3v) is 4.35. The van der Waals surface area contributed by atoms with Gasteiger partial charge in [-0.05, 0) is 31.0 Å². The smallest absolute Gasteiger partial charge is 0.279 e. The Hall–Kier alpha value is -1.06. The maximum atomic E-state index is 12.1. The molecule has 1 aromatic rings. The van der Waals surface area contributed by atoms with Crippen LogP contribution in [0.4, 0.5) is 5.69 Å². The second kappa shape index (κ2) is 6.59. The van der Waals surface area contributed by atoms with Crippen molar-refractivity contribution in [1.82, 2.24) is 0 Å². The van der Waals surface area contributed by atoms with Gasteiger partial charge in [-0.25, -0.2) is 0 Å². The Morgan fingerprint density at radius 2 is 2.00 bits per heavy atom. The molecule has 1 amide bonds. The number of quaternary nitrogens is 1. The fraction of sp³-hybridized carbons (Fsp3) is 0.562. The highest BCUT2D eigenvalue weighted by Gasteiger charge is 2.26. The van der Waals surface area contributed by atoms with Gasteiger partial charge in [0.15, 0.2) is 6.54 Å². The summed E-state index contributed by atoms with van der Waals surface area (Å²) >= 11 is 6.07. The van der Waals surface area contributed by atoms with Crippen LogP contribution in [-0.4, -0.2) is 25.5 Å². The van der Waals surface area contributed by atoms with E-state index in [0.717, 1.165) is 24.3 Å². The molecule has 2 rings (SSSR count). The Morgan fingerprint density at radius 3 is 2.60 bits per heavy atom. The molecule has 0 radical (unpaired) electrons. The highest BCUT2D eigenvalue weighted by molar-refractivity contribution is 6.31. The lowest BCUT2D eigenvalue weighted by Gasteiger charge is -2.31. The average molecular weight is 296 g/mol. The van der Waals surface area contributed by atoms with Crippen LogP contribution >= 0.6 is 11.6 Å². The van der Waals surface area contributed by atoms with Gasteiger partial charge in [0.25, 0.3) is 5.91 Å². The van der Waals surface area contributed by atoms with Crippen molar-refractivity contribution in [2.24, 2.45) is 11.8 Å². The molecule has 2 atom stereocenters. The number of benzene rings is 1. The van der Waals surface area contributed by atoms with Gasteiger partial charge in [-0.15, -0.1) is 0 Å². The molecule has 1 fully saturated rings. The minimum absolute atomic E-state index is 0.0706. The number of anilines is 1. The molecular weight excluding hydrogens is 272 g/mol. The van der Waals surface area contributed by atoms with Gasteiger partial charge in [-0.1, -0.05) is 31.5 Å². The summed E-state index contributed by atoms with van der Waals surface area (Å²) in [6.07, 6.45) is 1.28. The summed E-state index contributed by atoms with van der Waals surface area (Å²) in [7, 11) is 0. The van der Waals surface area contributed by atoms with E-state index in [9.17, 15) is 4.79 Å². The first-order valence-electron chi connectivity index (χ1n) is 7.33. The van der Waals surface area contributed by atoms with Gasteiger partial charge >= 0.3 is 0 Å². The molecule has 0 bridgehead atoms. The lowest BCUT2D eigenvalue weighted by molar-refractivity contribution is -0.904. The zero-order valence-electron chi connectivity index (χ0n) is 12.5. The Bertz CT molecular complexity index is 479. The highest BCUT2D eigenvalue weighted by atomic mass is 35.5. The number of hydrogen-bond acceptors (Lipinski definition) is 1. The monoisotopic (exact) mass is 295 g/mol. The SMILES string of the molecule is Cc1ccc(NC(=O)C[NH+]2C[C@@H](C)C[C@H](C)C2)cc1Cl. The predicted molar refractivity (Wildman–Crippen MR) is 83.3 cm³/mol. The quantitative estimate of drug-likeness (QED) is 0.880. The van der Waals surface area contributed by atoms with Gasteiger partial charge < -0.3 is 10.2 Å². The maximum Gasteiger partial charge on any atom is 0.279 e. The van der Waals surface area contributed by atoms with Crippen molar-refractivity contribution in [3.05, 3.63) is 28.8 Å². The molecule has 0 aliphatic carbocycles. The van der Waals surface area contributed by atoms with Crippen LogP contribution in [0.3, 0.4) is 0 Å². The summed E-state index contributed by atoms with van der Waals surface area (Å²) in [6, 6.07) is 5.64. The van der Waals surface area contributed by atoms with Crippen LogP contribution in [-0.2, 0) is 4.79 Å². The van der Waals surface area contributed by atoms with E-state index in [4.69, 9.17) is 11.6 Å². The van der Waals surface area contributed by atoms with E-state index in [2.05, 4.69) is 19.2 Å². The molecule has 0 aromatic heterocycles. The van der Waals surface area contributed by atoms with E-state index in [-0.39, 0.29) is 5.91 Å². The molecule has 1 saturated heterocycles. The van der Waals surface area contributed by atoms with Crippen LogP contribution in [0.25, 0.3) is 0 Å². The van der Waals surface area contributed by atoms with E-state index < -0.39 is 0 Å². The summed E-state index contributed by atoms with van der Waals surface area (Å²) < 4.78 is 0. The van der Waals surface area contributed by atoms with Crippen molar-refractivity contribution >= 4 is 23.2 Å². The summed E-state index contributed by atoms with van der Waals surface area (Å²) in [6.45, 7) is 9.22. The van der Waals surface area contributed by atoms with Crippen molar-refractivity contribution in [3.8, 4) is 0 Å². The number of amides is 1. The number of halogens is 1. The molecule has 1 heterocycles. The van der Waals surface area contributed by atoms with Gasteiger partial charge in [0.05, 0.1) is 13.1 Å². The highest BCUT2D eigenvalue weighted by Crippen LogP contribution is 2.19. The number of piperidine rings is 1. The summed E-state index contributed by atoms with van der Waals surface area (Å²) in [4.78, 5) is 13.5. The third-order valence-electron chi connectivity index (χ3n) is 3.95. The number of likely N-dealkylation sites (tertiary alicyclic amines) is 1. The Kier molecular flexibility index (Phi) is 5.06. The second-order valence-corrected chi connectivity index (χ2v) is 6.70. The number of rotatable bonds is 3. The van der Waals surface area contributed by atoms with Crippen molar-refractivity contribution in [2.45, 2.75) is 27.2 Å². The molecule has 0 saturated carbocycles. The predicted octanol–water partition coefficient (Wildman–Crippen LogP) is 2.15. The first kappa shape index (κ1) is 15.3. The zero-order valence-corrected chi connectivity index (χ0v) is 13.3. The standard InChI is InChI=1S/C16H23ClN2O/c1-11-6-12(2)9-19(8-11)10-16(20)18-14-5-4-13(3)15(17)7-14/h4-5,7,11-12H,6,8-10H2,1-3H3,(H,18,20)/p+1/t11-,12-/m0/s1. The number of aryl methyl sites for hydroxylation is 1. The molecule has 4 heteroatoms. The van der Waals surface area contributed by atoms with Crippen molar-refractivity contribution in [1.29, 1.82) is 0 Å². The largest absolute Gasteiger partial charge is 0.327 e. The van der Waals surface area contributed by atoms with E-state index in [0.29, 0.717) is 23.4 Å². The molecule has 0 unspecified atom stereocenters. The van der Waals surface area contributed by atoms with E-state index in [1.807, 2.05) is 25.1 Å². The molecule has 2 N–H and O–H groups in total. The Labute approximate surface area is 126 Å². The molecular formula is C16H24ClN2O+. The van der Waals surface area contributed by atoms with Crippen LogP contribution in [0.2, 0.25) is 5.02 Å². The molecule has 1 aromatic carbocycles. The molecule has 110 valence electrons. The lowest BCUT2D eigenvalue weighted by atomic mass is 9.92. The number of nitrogens with one attached hydrogen (secondary N) is 2. The molecule has 3 nitrogen and oxygen atoms in total. The fourth-order valence-electron chi connectivity index (χ4n) is 3.17. The third kappa shape index (κ3) is 4.22. The van der Waals surface area contributed by atoms with E-state index in [1.165, 1.54) is 11.3 Å². The van der Waals surface area contributed by atoms with E-state index >= 15 is 0 Å². The average Bonchev–Trinajstić information content (AvgIpc) is 2.32. The molecule has 20 heavy (non-hydrogen) atoms. The molecule has 1 aliphatic rings. The second-order valence-electron chi connectivity index (χ2n) is 6.29. The van der Waals surface area contributed by atoms with Crippen LogP contribution in [0.15, 0.2) is 18.2 Å². The first-order valence-corrected chi connectivity index (χ1v) is 7.71. The van der Waals surface area contributed by atoms with E-state index in [1.54, 1.807) is 0 Å². The van der Waals surface area contributed by atoms with Gasteiger partial charge in [0.2, 0.25) is 0 Å². The zero-order chi connectivity index (χ0) is 14.7. The molecule has 0 spiro atoms. The van der Waals surface area contributed by atoms with Crippen LogP contribution in [0.5, 0.6) is 0 Å². The minimum Gasteiger partial charge on any atom is -0.327 e. The summed E-state index contributed by atoms with van der Waals surface area (Å²) in [5.41, 5.74) is 1.80. The summed E-state index contributed by atoms with van der Waals surface area (Å²) in [5, 5.41) is 3.63. The first-order chi connectivity index (χ1) is 9.44. The summed E-state index contributed by atoms with van der Waals surface area (Å²) in [5.74, 6) is 1.48. The van der Waals surface area contributed by atoms with Crippen LogP contribution < -0.4 is 10.2 Å². The van der Waals surface area contributed by atoms with Crippen molar-refractivity contribution in [2.75, 3.05) is 25.0 Å².